The van der Waals surface area contributed by atoms with Gasteiger partial charge in [0.2, 0.25) is 5.91 Å². The molecule has 24 heavy (non-hydrogen) atoms. The van der Waals surface area contributed by atoms with Crippen LogP contribution >= 0.6 is 11.8 Å². The van der Waals surface area contributed by atoms with Crippen LogP contribution in [0.2, 0.25) is 0 Å². The van der Waals surface area contributed by atoms with E-state index in [4.69, 9.17) is 5.73 Å². The topological polar surface area (TPSA) is 116 Å². The average Bonchev–Trinajstić information content (AvgIpc) is 3.01. The van der Waals surface area contributed by atoms with Gasteiger partial charge in [0.05, 0.1) is 18.1 Å². The van der Waals surface area contributed by atoms with Crippen LogP contribution in [0, 0.1) is 5.92 Å². The Bertz CT molecular complexity index is 599. The number of rotatable bonds is 5. The molecule has 7 nitrogen and oxygen atoms in total. The number of carbonyl (C=O) groups excluding carboxylic acids is 1. The summed E-state index contributed by atoms with van der Waals surface area (Å²) in [6, 6.07) is -0.0311. The van der Waals surface area contributed by atoms with Crippen molar-refractivity contribution in [3.8, 4) is 0 Å². The van der Waals surface area contributed by atoms with Crippen LogP contribution < -0.4 is 11.1 Å². The number of hydrogen-bond acceptors (Lipinski definition) is 6. The van der Waals surface area contributed by atoms with E-state index >= 15 is 0 Å². The van der Waals surface area contributed by atoms with E-state index in [0.29, 0.717) is 6.42 Å². The van der Waals surface area contributed by atoms with Gasteiger partial charge < -0.3 is 26.2 Å². The number of nitrogens with one attached hydrogen (secondary N) is 1. The fourth-order valence-corrected chi connectivity index (χ4v) is 5.33. The number of aliphatic hydroxyl groups excluding tert-OH is 1. The van der Waals surface area contributed by atoms with Gasteiger partial charge in [-0.2, -0.15) is 0 Å². The zero-order chi connectivity index (χ0) is 17.8. The average molecular weight is 355 g/mol. The molecule has 0 unspecified atom stereocenters. The maximum absolute atomic E-state index is 12.2. The zero-order valence-corrected chi connectivity index (χ0v) is 15.0. The second-order valence-corrected chi connectivity index (χ2v) is 8.98. The molecule has 0 aromatic heterocycles. The minimum Gasteiger partial charge on any atom is -0.477 e. The third-order valence-electron chi connectivity index (χ3n) is 5.19. The summed E-state index contributed by atoms with van der Waals surface area (Å²) in [7, 11) is 0. The number of carbonyl (C=O) groups is 2. The van der Waals surface area contributed by atoms with Gasteiger partial charge in [0, 0.05) is 34.7 Å². The van der Waals surface area contributed by atoms with Crippen LogP contribution in [0.1, 0.15) is 33.6 Å². The van der Waals surface area contributed by atoms with Crippen molar-refractivity contribution in [3.05, 3.63) is 10.6 Å². The first-order valence-corrected chi connectivity index (χ1v) is 9.15. The van der Waals surface area contributed by atoms with Gasteiger partial charge >= 0.3 is 5.97 Å². The number of carboxylic acid groups (broad SMARTS) is 1. The molecule has 1 amide bonds. The van der Waals surface area contributed by atoms with Crippen LogP contribution in [-0.2, 0) is 9.59 Å². The molecule has 0 bridgehead atoms. The van der Waals surface area contributed by atoms with E-state index < -0.39 is 18.0 Å². The van der Waals surface area contributed by atoms with Crippen molar-refractivity contribution in [2.45, 2.75) is 62.6 Å². The molecule has 3 aliphatic rings. The summed E-state index contributed by atoms with van der Waals surface area (Å²) in [5, 5.41) is 22.9. The van der Waals surface area contributed by atoms with Gasteiger partial charge in [0.25, 0.3) is 0 Å². The number of carboxylic acids is 1. The number of nitrogens with zero attached hydrogens (tertiary/aromatic N) is 1. The first kappa shape index (κ1) is 17.7. The molecule has 0 saturated carbocycles. The molecule has 0 radical (unpaired) electrons. The molecule has 2 saturated heterocycles. The highest BCUT2D eigenvalue weighted by Gasteiger charge is 2.57. The van der Waals surface area contributed by atoms with E-state index in [2.05, 4.69) is 5.32 Å². The molecule has 134 valence electrons. The Morgan fingerprint density at radius 1 is 1.50 bits per heavy atom. The van der Waals surface area contributed by atoms with E-state index in [0.717, 1.165) is 17.9 Å². The van der Waals surface area contributed by atoms with Crippen LogP contribution in [0.5, 0.6) is 0 Å². The zero-order valence-electron chi connectivity index (χ0n) is 14.2. The highest BCUT2D eigenvalue weighted by atomic mass is 32.2. The normalized spacial score (nSPS) is 34.4. The smallest absolute Gasteiger partial charge is 0.353 e. The van der Waals surface area contributed by atoms with Crippen molar-refractivity contribution in [1.29, 1.82) is 0 Å². The highest BCUT2D eigenvalue weighted by molar-refractivity contribution is 8.03. The van der Waals surface area contributed by atoms with Crippen LogP contribution in [0.3, 0.4) is 0 Å². The molecular formula is C16H25N3O4S. The highest BCUT2D eigenvalue weighted by Crippen LogP contribution is 2.48. The molecule has 0 aromatic carbocycles. The Kier molecular flexibility index (Phi) is 4.44. The molecule has 0 spiro atoms. The largest absolute Gasteiger partial charge is 0.477 e. The van der Waals surface area contributed by atoms with Gasteiger partial charge in [-0.15, -0.1) is 11.8 Å². The molecule has 3 rings (SSSR count). The predicted molar refractivity (Wildman–Crippen MR) is 91.1 cm³/mol. The Morgan fingerprint density at radius 3 is 2.67 bits per heavy atom. The monoisotopic (exact) mass is 355 g/mol. The molecule has 0 aromatic rings. The number of nitrogens with two attached hydrogens (primary N) is 1. The second-order valence-electron chi connectivity index (χ2n) is 7.58. The number of aliphatic hydroxyl groups is 1. The van der Waals surface area contributed by atoms with Crippen molar-refractivity contribution in [1.82, 2.24) is 10.2 Å². The third kappa shape index (κ3) is 2.85. The molecule has 5 atom stereocenters. The second kappa shape index (κ2) is 6.01. The SMILES string of the molecule is C[C@@H](O)[C@H]1C(=O)N2C(C(=O)O)=C(S[C@@H]3CN[C@H](C(C)(C)N)C3)C[C@H]12. The van der Waals surface area contributed by atoms with Gasteiger partial charge in [-0.05, 0) is 27.2 Å². The number of aliphatic carboxylic acids is 1. The summed E-state index contributed by atoms with van der Waals surface area (Å²) in [5.41, 5.74) is 5.92. The summed E-state index contributed by atoms with van der Waals surface area (Å²) in [5.74, 6) is -1.84. The molecular weight excluding hydrogens is 330 g/mol. The number of thioether (sulfide) groups is 1. The first-order chi connectivity index (χ1) is 11.1. The lowest BCUT2D eigenvalue weighted by molar-refractivity contribution is -0.161. The summed E-state index contributed by atoms with van der Waals surface area (Å²) in [6.07, 6.45) is 0.623. The minimum absolute atomic E-state index is 0.0994. The molecule has 0 aliphatic carbocycles. The van der Waals surface area contributed by atoms with Crippen molar-refractivity contribution >= 4 is 23.6 Å². The van der Waals surface area contributed by atoms with Crippen LogP contribution in [0.4, 0.5) is 0 Å². The van der Waals surface area contributed by atoms with E-state index in [-0.39, 0.29) is 34.5 Å². The van der Waals surface area contributed by atoms with Gasteiger partial charge in [-0.3, -0.25) is 4.79 Å². The fourth-order valence-electron chi connectivity index (χ4n) is 3.90. The fraction of sp³-hybridized carbons (Fsp3) is 0.750. The summed E-state index contributed by atoms with van der Waals surface area (Å²) < 4.78 is 0. The third-order valence-corrected chi connectivity index (χ3v) is 6.53. The maximum Gasteiger partial charge on any atom is 0.353 e. The van der Waals surface area contributed by atoms with Gasteiger partial charge in [-0.25, -0.2) is 4.79 Å². The Labute approximate surface area is 145 Å². The minimum atomic E-state index is -1.07. The number of β-lactam (4-membered cyclic amide) rings is 1. The quantitative estimate of drug-likeness (QED) is 0.517. The molecule has 3 heterocycles. The Balaban J connectivity index is 1.74. The van der Waals surface area contributed by atoms with Gasteiger partial charge in [0.1, 0.15) is 5.70 Å². The number of hydrogen-bond donors (Lipinski definition) is 4. The van der Waals surface area contributed by atoms with Crippen molar-refractivity contribution in [3.63, 3.8) is 0 Å². The maximum atomic E-state index is 12.2. The number of amides is 1. The Morgan fingerprint density at radius 2 is 2.17 bits per heavy atom. The van der Waals surface area contributed by atoms with E-state index in [1.807, 2.05) is 13.8 Å². The first-order valence-electron chi connectivity index (χ1n) is 8.27. The van der Waals surface area contributed by atoms with Crippen LogP contribution in [0.25, 0.3) is 0 Å². The standard InChI is InChI=1S/C16H25N3O4S/c1-7(20)12-9-5-10(13(15(22)23)19(9)14(12)21)24-8-4-11(18-6-8)16(2,3)17/h7-9,11-12,18,20H,4-6,17H2,1-3H3,(H,22,23)/t7-,8+,9-,11+,12-/m1/s1. The summed E-state index contributed by atoms with van der Waals surface area (Å²) in [4.78, 5) is 26.0. The van der Waals surface area contributed by atoms with Crippen molar-refractivity contribution < 1.29 is 19.8 Å². The van der Waals surface area contributed by atoms with Crippen LogP contribution in [0.15, 0.2) is 10.6 Å². The van der Waals surface area contributed by atoms with E-state index in [9.17, 15) is 19.8 Å². The molecule has 8 heteroatoms. The lowest BCUT2D eigenvalue weighted by atomic mass is 9.83. The van der Waals surface area contributed by atoms with Gasteiger partial charge in [-0.1, -0.05) is 0 Å². The molecule has 2 fully saturated rings. The Hall–Kier alpha value is -1.09. The predicted octanol–water partition coefficient (Wildman–Crippen LogP) is 0.0951. The summed E-state index contributed by atoms with van der Waals surface area (Å²) >= 11 is 1.54. The lowest BCUT2D eigenvalue weighted by Gasteiger charge is -2.44. The van der Waals surface area contributed by atoms with E-state index in [1.54, 1.807) is 6.92 Å². The lowest BCUT2D eigenvalue weighted by Crippen LogP contribution is -2.61. The van der Waals surface area contributed by atoms with Gasteiger partial charge in [0.15, 0.2) is 0 Å². The summed E-state index contributed by atoms with van der Waals surface area (Å²) in [6.45, 7) is 6.31. The van der Waals surface area contributed by atoms with E-state index in [1.165, 1.54) is 16.7 Å². The molecule has 3 aliphatic heterocycles. The number of fused-ring (bicyclic) bond motifs is 1. The van der Waals surface area contributed by atoms with Crippen molar-refractivity contribution in [2.24, 2.45) is 11.7 Å². The van der Waals surface area contributed by atoms with Crippen molar-refractivity contribution in [2.75, 3.05) is 6.54 Å². The molecule has 5 N–H and O–H groups in total. The van der Waals surface area contributed by atoms with Crippen LogP contribution in [-0.4, -0.2) is 62.5 Å².